The van der Waals surface area contributed by atoms with E-state index < -0.39 is 0 Å². The summed E-state index contributed by atoms with van der Waals surface area (Å²) < 4.78 is 17.9. The predicted molar refractivity (Wildman–Crippen MR) is 76.7 cm³/mol. The van der Waals surface area contributed by atoms with Crippen molar-refractivity contribution in [1.82, 2.24) is 4.98 Å². The molecule has 102 valence electrons. The number of ether oxygens (including phenoxy) is 1. The van der Waals surface area contributed by atoms with Crippen molar-refractivity contribution in [2.45, 2.75) is 23.8 Å². The zero-order chi connectivity index (χ0) is 13.7. The highest BCUT2D eigenvalue weighted by Gasteiger charge is 2.10. The third-order valence-corrected chi connectivity index (χ3v) is 4.79. The summed E-state index contributed by atoms with van der Waals surface area (Å²) in [7, 11) is 1.65. The molecule has 2 rings (SSSR count). The molecular formula is C13H15FN2OS2. The van der Waals surface area contributed by atoms with Crippen molar-refractivity contribution in [2.24, 2.45) is 5.73 Å². The van der Waals surface area contributed by atoms with Crippen molar-refractivity contribution in [2.75, 3.05) is 7.11 Å². The van der Waals surface area contributed by atoms with E-state index in [9.17, 15) is 4.39 Å². The highest BCUT2D eigenvalue weighted by Crippen LogP contribution is 2.27. The van der Waals surface area contributed by atoms with Gasteiger partial charge in [0.15, 0.2) is 0 Å². The van der Waals surface area contributed by atoms with Gasteiger partial charge in [0, 0.05) is 23.4 Å². The second-order valence-corrected chi connectivity index (χ2v) is 6.07. The lowest BCUT2D eigenvalue weighted by atomic mass is 10.4. The van der Waals surface area contributed by atoms with Gasteiger partial charge in [-0.3, -0.25) is 0 Å². The summed E-state index contributed by atoms with van der Waals surface area (Å²) in [4.78, 5) is 6.62. The van der Waals surface area contributed by atoms with Crippen LogP contribution in [-0.2, 0) is 23.6 Å². The van der Waals surface area contributed by atoms with Gasteiger partial charge in [0.2, 0.25) is 0 Å². The van der Waals surface area contributed by atoms with Gasteiger partial charge in [-0.05, 0) is 24.3 Å². The minimum Gasteiger partial charge on any atom is -0.378 e. The van der Waals surface area contributed by atoms with E-state index in [0.717, 1.165) is 26.2 Å². The SMILES string of the molecule is COCc1nc(CSc2ccc(F)cc2)sc1CN. The Labute approximate surface area is 120 Å². The number of benzene rings is 1. The quantitative estimate of drug-likeness (QED) is 0.832. The van der Waals surface area contributed by atoms with Crippen LogP contribution in [0.4, 0.5) is 4.39 Å². The Morgan fingerprint density at radius 1 is 1.37 bits per heavy atom. The third kappa shape index (κ3) is 4.01. The molecule has 1 aromatic heterocycles. The minimum absolute atomic E-state index is 0.216. The molecule has 1 aromatic carbocycles. The van der Waals surface area contributed by atoms with Gasteiger partial charge < -0.3 is 10.5 Å². The Bertz CT molecular complexity index is 528. The molecule has 2 N–H and O–H groups in total. The van der Waals surface area contributed by atoms with E-state index in [2.05, 4.69) is 4.98 Å². The van der Waals surface area contributed by atoms with Crippen LogP contribution in [0, 0.1) is 5.82 Å². The molecule has 0 amide bonds. The summed E-state index contributed by atoms with van der Waals surface area (Å²) in [5.41, 5.74) is 6.61. The predicted octanol–water partition coefficient (Wildman–Crippen LogP) is 3.18. The average Bonchev–Trinajstić information content (AvgIpc) is 2.81. The molecule has 0 atom stereocenters. The molecule has 19 heavy (non-hydrogen) atoms. The van der Waals surface area contributed by atoms with Crippen LogP contribution < -0.4 is 5.73 Å². The fourth-order valence-corrected chi connectivity index (χ4v) is 3.43. The standard InChI is InChI=1S/C13H15FN2OS2/c1-17-7-11-12(6-15)19-13(16-11)8-18-10-4-2-9(14)3-5-10/h2-5H,6-8,15H2,1H3. The minimum atomic E-state index is -0.216. The van der Waals surface area contributed by atoms with E-state index in [0.29, 0.717) is 13.2 Å². The summed E-state index contributed by atoms with van der Waals surface area (Å²) >= 11 is 3.24. The van der Waals surface area contributed by atoms with Crippen molar-refractivity contribution in [3.63, 3.8) is 0 Å². The van der Waals surface area contributed by atoms with Crippen LogP contribution in [0.2, 0.25) is 0 Å². The van der Waals surface area contributed by atoms with Crippen LogP contribution in [0.1, 0.15) is 15.6 Å². The van der Waals surface area contributed by atoms with Gasteiger partial charge in [-0.15, -0.1) is 23.1 Å². The van der Waals surface area contributed by atoms with Crippen molar-refractivity contribution in [3.8, 4) is 0 Å². The molecule has 3 nitrogen and oxygen atoms in total. The number of aromatic nitrogens is 1. The number of rotatable bonds is 6. The topological polar surface area (TPSA) is 48.1 Å². The Morgan fingerprint density at radius 2 is 2.11 bits per heavy atom. The summed E-state index contributed by atoms with van der Waals surface area (Å²) in [5.74, 6) is 0.541. The first-order chi connectivity index (χ1) is 9.22. The fraction of sp³-hybridized carbons (Fsp3) is 0.308. The number of thiazole rings is 1. The monoisotopic (exact) mass is 298 g/mol. The molecule has 0 fully saturated rings. The maximum atomic E-state index is 12.8. The Morgan fingerprint density at radius 3 is 2.74 bits per heavy atom. The third-order valence-electron chi connectivity index (χ3n) is 2.46. The molecule has 0 aliphatic rings. The normalized spacial score (nSPS) is 10.9. The van der Waals surface area contributed by atoms with Crippen LogP contribution in [-0.4, -0.2) is 12.1 Å². The van der Waals surface area contributed by atoms with E-state index in [1.165, 1.54) is 12.1 Å². The number of halogens is 1. The Kier molecular flexibility index (Phi) is 5.33. The molecule has 0 saturated carbocycles. The molecule has 0 saturated heterocycles. The van der Waals surface area contributed by atoms with Gasteiger partial charge in [0.05, 0.1) is 18.1 Å². The van der Waals surface area contributed by atoms with E-state index in [-0.39, 0.29) is 5.82 Å². The Hall–Kier alpha value is -0.950. The second-order valence-electron chi connectivity index (χ2n) is 3.86. The zero-order valence-corrected chi connectivity index (χ0v) is 12.2. The van der Waals surface area contributed by atoms with Gasteiger partial charge >= 0.3 is 0 Å². The van der Waals surface area contributed by atoms with Crippen LogP contribution in [0.15, 0.2) is 29.2 Å². The molecule has 1 heterocycles. The largest absolute Gasteiger partial charge is 0.378 e. The number of thioether (sulfide) groups is 1. The molecule has 6 heteroatoms. The molecule has 0 unspecified atom stereocenters. The van der Waals surface area contributed by atoms with Crippen LogP contribution in [0.25, 0.3) is 0 Å². The van der Waals surface area contributed by atoms with Crippen molar-refractivity contribution < 1.29 is 9.13 Å². The molecule has 0 bridgehead atoms. The van der Waals surface area contributed by atoms with E-state index in [4.69, 9.17) is 10.5 Å². The van der Waals surface area contributed by atoms with Gasteiger partial charge in [0.25, 0.3) is 0 Å². The smallest absolute Gasteiger partial charge is 0.123 e. The second kappa shape index (κ2) is 7.00. The fourth-order valence-electron chi connectivity index (χ4n) is 1.58. The lowest BCUT2D eigenvalue weighted by Gasteiger charge is -1.98. The summed E-state index contributed by atoms with van der Waals surface area (Å²) in [6, 6.07) is 6.47. The van der Waals surface area contributed by atoms with Gasteiger partial charge in [-0.25, -0.2) is 9.37 Å². The highest BCUT2D eigenvalue weighted by molar-refractivity contribution is 7.98. The molecule has 0 aliphatic heterocycles. The lowest BCUT2D eigenvalue weighted by Crippen LogP contribution is -1.99. The van der Waals surface area contributed by atoms with E-state index in [1.807, 2.05) is 0 Å². The molecule has 0 aliphatic carbocycles. The number of nitrogens with zero attached hydrogens (tertiary/aromatic N) is 1. The van der Waals surface area contributed by atoms with Gasteiger partial charge in [-0.2, -0.15) is 0 Å². The molecule has 2 aromatic rings. The summed E-state index contributed by atoms with van der Waals surface area (Å²) in [6.07, 6.45) is 0. The lowest BCUT2D eigenvalue weighted by molar-refractivity contribution is 0.181. The summed E-state index contributed by atoms with van der Waals surface area (Å²) in [5, 5.41) is 1.02. The van der Waals surface area contributed by atoms with Gasteiger partial charge in [-0.1, -0.05) is 0 Å². The van der Waals surface area contributed by atoms with Crippen LogP contribution >= 0.6 is 23.1 Å². The Balaban J connectivity index is 2.01. The number of methoxy groups -OCH3 is 1. The summed E-state index contributed by atoms with van der Waals surface area (Å²) in [6.45, 7) is 0.974. The van der Waals surface area contributed by atoms with Crippen LogP contribution in [0.5, 0.6) is 0 Å². The first-order valence-electron chi connectivity index (χ1n) is 5.77. The molecule has 0 spiro atoms. The van der Waals surface area contributed by atoms with Crippen molar-refractivity contribution in [1.29, 1.82) is 0 Å². The highest BCUT2D eigenvalue weighted by atomic mass is 32.2. The first-order valence-corrected chi connectivity index (χ1v) is 7.58. The van der Waals surface area contributed by atoms with Crippen molar-refractivity contribution in [3.05, 3.63) is 45.7 Å². The number of hydrogen-bond acceptors (Lipinski definition) is 5. The maximum Gasteiger partial charge on any atom is 0.123 e. The van der Waals surface area contributed by atoms with Crippen molar-refractivity contribution >= 4 is 23.1 Å². The van der Waals surface area contributed by atoms with E-state index >= 15 is 0 Å². The molecular weight excluding hydrogens is 283 g/mol. The first kappa shape index (κ1) is 14.5. The van der Waals surface area contributed by atoms with Gasteiger partial charge in [0.1, 0.15) is 10.8 Å². The van der Waals surface area contributed by atoms with E-state index in [1.54, 1.807) is 42.3 Å². The zero-order valence-electron chi connectivity index (χ0n) is 10.6. The number of nitrogens with two attached hydrogens (primary N) is 1. The van der Waals surface area contributed by atoms with Crippen LogP contribution in [0.3, 0.4) is 0 Å². The molecule has 0 radical (unpaired) electrons. The maximum absolute atomic E-state index is 12.8. The number of hydrogen-bond donors (Lipinski definition) is 1. The average molecular weight is 298 g/mol.